The first kappa shape index (κ1) is 8.78. The molecule has 2 unspecified atom stereocenters. The highest BCUT2D eigenvalue weighted by Gasteiger charge is 2.22. The molecule has 2 aliphatic rings. The number of hydrogen-bond acceptors (Lipinski definition) is 3. The number of allylic oxidation sites excluding steroid dienone is 2. The largest absolute Gasteiger partial charge is 0.363 e. The third-order valence-electron chi connectivity index (χ3n) is 2.44. The van der Waals surface area contributed by atoms with Gasteiger partial charge >= 0.3 is 0 Å². The summed E-state index contributed by atoms with van der Waals surface area (Å²) in [4.78, 5) is 2.30. The molecule has 1 N–H and O–H groups in total. The molecule has 0 aromatic rings. The Morgan fingerprint density at radius 2 is 2.38 bits per heavy atom. The van der Waals surface area contributed by atoms with Gasteiger partial charge in [0.1, 0.15) is 6.23 Å². The second-order valence-corrected chi connectivity index (χ2v) is 3.64. The van der Waals surface area contributed by atoms with Gasteiger partial charge in [0.05, 0.1) is 6.10 Å². The van der Waals surface area contributed by atoms with Gasteiger partial charge in [-0.15, -0.1) is 0 Å². The molecule has 3 heteroatoms. The first-order valence-electron chi connectivity index (χ1n) is 4.78. The van der Waals surface area contributed by atoms with Crippen molar-refractivity contribution in [1.82, 2.24) is 10.2 Å². The van der Waals surface area contributed by atoms with Crippen LogP contribution in [0.4, 0.5) is 0 Å². The monoisotopic (exact) mass is 180 g/mol. The summed E-state index contributed by atoms with van der Waals surface area (Å²) in [5.74, 6) is 0. The SMILES string of the molecule is CN1CCC(OC2C=CC=CN2)C1. The lowest BCUT2D eigenvalue weighted by Crippen LogP contribution is -2.32. The van der Waals surface area contributed by atoms with E-state index in [2.05, 4.69) is 17.3 Å². The average molecular weight is 180 g/mol. The average Bonchev–Trinajstić information content (AvgIpc) is 2.53. The van der Waals surface area contributed by atoms with E-state index in [0.29, 0.717) is 6.10 Å². The zero-order valence-corrected chi connectivity index (χ0v) is 7.94. The number of likely N-dealkylation sites (N-methyl/N-ethyl adjacent to an activating group) is 1. The molecule has 1 saturated heterocycles. The molecule has 0 bridgehead atoms. The number of ether oxygens (including phenoxy) is 1. The zero-order chi connectivity index (χ0) is 9.10. The van der Waals surface area contributed by atoms with Crippen molar-refractivity contribution in [3.8, 4) is 0 Å². The Bertz CT molecular complexity index is 225. The summed E-state index contributed by atoms with van der Waals surface area (Å²) in [6.07, 6.45) is 9.55. The van der Waals surface area contributed by atoms with Crippen molar-refractivity contribution in [2.24, 2.45) is 0 Å². The molecule has 72 valence electrons. The smallest absolute Gasteiger partial charge is 0.147 e. The fourth-order valence-corrected chi connectivity index (χ4v) is 1.72. The van der Waals surface area contributed by atoms with E-state index in [4.69, 9.17) is 4.74 Å². The van der Waals surface area contributed by atoms with Crippen LogP contribution in [0.3, 0.4) is 0 Å². The molecule has 2 aliphatic heterocycles. The predicted molar refractivity (Wildman–Crippen MR) is 52.2 cm³/mol. The summed E-state index contributed by atoms with van der Waals surface area (Å²) in [7, 11) is 2.13. The van der Waals surface area contributed by atoms with E-state index in [9.17, 15) is 0 Å². The summed E-state index contributed by atoms with van der Waals surface area (Å²) >= 11 is 0. The Balaban J connectivity index is 1.78. The van der Waals surface area contributed by atoms with Gasteiger partial charge < -0.3 is 15.0 Å². The van der Waals surface area contributed by atoms with E-state index in [0.717, 1.165) is 19.5 Å². The van der Waals surface area contributed by atoms with Gasteiger partial charge in [0.25, 0.3) is 0 Å². The Hall–Kier alpha value is -0.800. The minimum absolute atomic E-state index is 0.0708. The van der Waals surface area contributed by atoms with Gasteiger partial charge in [-0.05, 0) is 31.8 Å². The Morgan fingerprint density at radius 3 is 3.00 bits per heavy atom. The van der Waals surface area contributed by atoms with Crippen molar-refractivity contribution < 1.29 is 4.74 Å². The molecule has 2 heterocycles. The summed E-state index contributed by atoms with van der Waals surface area (Å²) < 4.78 is 5.83. The third-order valence-corrected chi connectivity index (χ3v) is 2.44. The van der Waals surface area contributed by atoms with Crippen molar-refractivity contribution in [2.45, 2.75) is 18.8 Å². The van der Waals surface area contributed by atoms with E-state index in [-0.39, 0.29) is 6.23 Å². The highest BCUT2D eigenvalue weighted by atomic mass is 16.5. The van der Waals surface area contributed by atoms with Crippen LogP contribution in [0.5, 0.6) is 0 Å². The molecule has 1 fully saturated rings. The number of hydrogen-bond donors (Lipinski definition) is 1. The van der Waals surface area contributed by atoms with Gasteiger partial charge in [-0.25, -0.2) is 0 Å². The third kappa shape index (κ3) is 2.32. The quantitative estimate of drug-likeness (QED) is 0.677. The first-order chi connectivity index (χ1) is 6.34. The molecule has 3 nitrogen and oxygen atoms in total. The second kappa shape index (κ2) is 3.94. The predicted octanol–water partition coefficient (Wildman–Crippen LogP) is 0.706. The van der Waals surface area contributed by atoms with Crippen LogP contribution in [-0.4, -0.2) is 37.4 Å². The lowest BCUT2D eigenvalue weighted by atomic mass is 10.3. The summed E-state index contributed by atoms with van der Waals surface area (Å²) in [5, 5.41) is 3.15. The second-order valence-electron chi connectivity index (χ2n) is 3.64. The van der Waals surface area contributed by atoms with Crippen LogP contribution in [0.1, 0.15) is 6.42 Å². The van der Waals surface area contributed by atoms with Crippen molar-refractivity contribution in [3.05, 3.63) is 24.4 Å². The van der Waals surface area contributed by atoms with Gasteiger partial charge in [-0.1, -0.05) is 6.08 Å². The topological polar surface area (TPSA) is 24.5 Å². The van der Waals surface area contributed by atoms with Crippen molar-refractivity contribution in [1.29, 1.82) is 0 Å². The van der Waals surface area contributed by atoms with Crippen molar-refractivity contribution >= 4 is 0 Å². The first-order valence-corrected chi connectivity index (χ1v) is 4.78. The Labute approximate surface area is 79.1 Å². The minimum Gasteiger partial charge on any atom is -0.363 e. The van der Waals surface area contributed by atoms with Crippen LogP contribution in [0.2, 0.25) is 0 Å². The van der Waals surface area contributed by atoms with Gasteiger partial charge in [0.15, 0.2) is 0 Å². The van der Waals surface area contributed by atoms with Crippen LogP contribution in [0, 0.1) is 0 Å². The van der Waals surface area contributed by atoms with E-state index >= 15 is 0 Å². The maximum absolute atomic E-state index is 5.83. The van der Waals surface area contributed by atoms with Crippen molar-refractivity contribution in [2.75, 3.05) is 20.1 Å². The molecule has 0 aromatic heterocycles. The maximum Gasteiger partial charge on any atom is 0.147 e. The van der Waals surface area contributed by atoms with Crippen LogP contribution >= 0.6 is 0 Å². The number of likely N-dealkylation sites (tertiary alicyclic amines) is 1. The zero-order valence-electron chi connectivity index (χ0n) is 7.94. The molecule has 2 atom stereocenters. The van der Waals surface area contributed by atoms with E-state index < -0.39 is 0 Å². The Morgan fingerprint density at radius 1 is 1.46 bits per heavy atom. The fraction of sp³-hybridized carbons (Fsp3) is 0.600. The maximum atomic E-state index is 5.83. The van der Waals surface area contributed by atoms with E-state index in [1.807, 2.05) is 24.4 Å². The van der Waals surface area contributed by atoms with Crippen LogP contribution in [0.25, 0.3) is 0 Å². The molecular formula is C10H16N2O. The molecular weight excluding hydrogens is 164 g/mol. The van der Waals surface area contributed by atoms with Gasteiger partial charge in [0.2, 0.25) is 0 Å². The number of rotatable bonds is 2. The van der Waals surface area contributed by atoms with Gasteiger partial charge in [-0.2, -0.15) is 0 Å². The number of nitrogens with zero attached hydrogens (tertiary/aromatic N) is 1. The van der Waals surface area contributed by atoms with Crippen LogP contribution < -0.4 is 5.32 Å². The van der Waals surface area contributed by atoms with Gasteiger partial charge in [-0.3, -0.25) is 0 Å². The lowest BCUT2D eigenvalue weighted by molar-refractivity contribution is 0.00961. The molecule has 0 amide bonds. The highest BCUT2D eigenvalue weighted by Crippen LogP contribution is 2.12. The molecule has 13 heavy (non-hydrogen) atoms. The summed E-state index contributed by atoms with van der Waals surface area (Å²) in [5.41, 5.74) is 0. The van der Waals surface area contributed by atoms with Crippen LogP contribution in [0.15, 0.2) is 24.4 Å². The summed E-state index contributed by atoms with van der Waals surface area (Å²) in [6.45, 7) is 2.20. The van der Waals surface area contributed by atoms with Crippen molar-refractivity contribution in [3.63, 3.8) is 0 Å². The van der Waals surface area contributed by atoms with Crippen LogP contribution in [-0.2, 0) is 4.74 Å². The molecule has 2 rings (SSSR count). The van der Waals surface area contributed by atoms with E-state index in [1.54, 1.807) is 0 Å². The normalized spacial score (nSPS) is 33.6. The highest BCUT2D eigenvalue weighted by molar-refractivity contribution is 5.09. The minimum atomic E-state index is 0.0708. The molecule has 0 radical (unpaired) electrons. The Kier molecular flexibility index (Phi) is 2.66. The molecule has 0 aromatic carbocycles. The summed E-state index contributed by atoms with van der Waals surface area (Å²) in [6, 6.07) is 0. The van der Waals surface area contributed by atoms with Gasteiger partial charge in [0, 0.05) is 13.1 Å². The molecule has 0 aliphatic carbocycles. The molecule has 0 spiro atoms. The van der Waals surface area contributed by atoms with E-state index in [1.165, 1.54) is 0 Å². The lowest BCUT2D eigenvalue weighted by Gasteiger charge is -2.20. The fourth-order valence-electron chi connectivity index (χ4n) is 1.72. The number of nitrogens with one attached hydrogen (secondary N) is 1. The number of dihydropyridines is 1. The standard InChI is InChI=1S/C10H16N2O/c1-12-7-5-9(8-12)13-10-4-2-3-6-11-10/h2-4,6,9-11H,5,7-8H2,1H3. The molecule has 0 saturated carbocycles.